The van der Waals surface area contributed by atoms with Crippen LogP contribution in [0.15, 0.2) is 18.2 Å². The minimum absolute atomic E-state index is 0.192. The molecular weight excluding hydrogens is 368 g/mol. The zero-order chi connectivity index (χ0) is 20.0. The van der Waals surface area contributed by atoms with Crippen LogP contribution in [-0.4, -0.2) is 36.3 Å². The van der Waals surface area contributed by atoms with Crippen LogP contribution in [-0.2, 0) is 9.53 Å². The lowest BCUT2D eigenvalue weighted by atomic mass is 9.86. The van der Waals surface area contributed by atoms with Crippen LogP contribution in [0.3, 0.4) is 0 Å². The number of hydrogen-bond donors (Lipinski definition) is 0. The maximum Gasteiger partial charge on any atom is 0.309 e. The van der Waals surface area contributed by atoms with Crippen molar-refractivity contribution < 1.29 is 19.0 Å². The second kappa shape index (κ2) is 9.74. The molecule has 0 aliphatic heterocycles. The lowest BCUT2D eigenvalue weighted by Crippen LogP contribution is -2.30. The van der Waals surface area contributed by atoms with E-state index in [-0.39, 0.29) is 34.9 Å². The Morgan fingerprint density at radius 2 is 1.89 bits per heavy atom. The van der Waals surface area contributed by atoms with E-state index >= 15 is 0 Å². The monoisotopic (exact) mass is 394 g/mol. The normalized spacial score (nSPS) is 14.4. The first-order valence-electron chi connectivity index (χ1n) is 9.19. The number of halogens is 1. The predicted octanol–water partition coefficient (Wildman–Crippen LogP) is 4.67. The van der Waals surface area contributed by atoms with Gasteiger partial charge >= 0.3 is 5.97 Å². The molecule has 27 heavy (non-hydrogen) atoms. The summed E-state index contributed by atoms with van der Waals surface area (Å²) in [6.07, 6.45) is 1.90. The SMILES string of the molecule is CCC(C)[C@@H](C[C@H](CC)Oc1nc2cc(OC)ccc2nc1Cl)C(=O)OC. The quantitative estimate of drug-likeness (QED) is 0.575. The molecule has 0 amide bonds. The van der Waals surface area contributed by atoms with Crippen molar-refractivity contribution in [3.8, 4) is 11.6 Å². The van der Waals surface area contributed by atoms with Crippen LogP contribution in [0.2, 0.25) is 5.15 Å². The lowest BCUT2D eigenvalue weighted by Gasteiger charge is -2.25. The van der Waals surface area contributed by atoms with Crippen molar-refractivity contribution in [3.05, 3.63) is 23.4 Å². The molecule has 2 aromatic rings. The van der Waals surface area contributed by atoms with Gasteiger partial charge in [0, 0.05) is 6.07 Å². The Morgan fingerprint density at radius 1 is 1.15 bits per heavy atom. The molecule has 148 valence electrons. The van der Waals surface area contributed by atoms with Crippen molar-refractivity contribution in [2.75, 3.05) is 14.2 Å². The molecule has 0 saturated carbocycles. The molecule has 0 aliphatic carbocycles. The van der Waals surface area contributed by atoms with Gasteiger partial charge in [0.15, 0.2) is 5.15 Å². The number of nitrogens with zero attached hydrogens (tertiary/aromatic N) is 2. The van der Waals surface area contributed by atoms with E-state index in [1.807, 2.05) is 13.8 Å². The number of methoxy groups -OCH3 is 2. The van der Waals surface area contributed by atoms with E-state index in [1.54, 1.807) is 25.3 Å². The zero-order valence-corrected chi connectivity index (χ0v) is 17.2. The van der Waals surface area contributed by atoms with Gasteiger partial charge < -0.3 is 14.2 Å². The summed E-state index contributed by atoms with van der Waals surface area (Å²) in [7, 11) is 3.01. The molecule has 1 unspecified atom stereocenters. The summed E-state index contributed by atoms with van der Waals surface area (Å²) in [4.78, 5) is 21.0. The molecule has 0 spiro atoms. The molecule has 6 nitrogen and oxygen atoms in total. The Bertz CT molecular complexity index is 784. The molecule has 0 bridgehead atoms. The molecular formula is C20H27ClN2O4. The van der Waals surface area contributed by atoms with E-state index < -0.39 is 0 Å². The summed E-state index contributed by atoms with van der Waals surface area (Å²) < 4.78 is 16.2. The topological polar surface area (TPSA) is 70.5 Å². The van der Waals surface area contributed by atoms with Crippen molar-refractivity contribution >= 4 is 28.6 Å². The van der Waals surface area contributed by atoms with Crippen molar-refractivity contribution in [2.45, 2.75) is 46.1 Å². The Balaban J connectivity index is 2.26. The average Bonchev–Trinajstić information content (AvgIpc) is 2.69. The molecule has 2 rings (SSSR count). The highest BCUT2D eigenvalue weighted by molar-refractivity contribution is 6.31. The van der Waals surface area contributed by atoms with Crippen LogP contribution < -0.4 is 9.47 Å². The number of rotatable bonds is 9. The smallest absolute Gasteiger partial charge is 0.309 e. The van der Waals surface area contributed by atoms with Gasteiger partial charge in [-0.25, -0.2) is 9.97 Å². The summed E-state index contributed by atoms with van der Waals surface area (Å²) in [6.45, 7) is 6.10. The lowest BCUT2D eigenvalue weighted by molar-refractivity contribution is -0.148. The first-order valence-corrected chi connectivity index (χ1v) is 9.56. The van der Waals surface area contributed by atoms with Crippen LogP contribution in [0.25, 0.3) is 11.0 Å². The van der Waals surface area contributed by atoms with Crippen LogP contribution in [0.1, 0.15) is 40.0 Å². The number of carbonyl (C=O) groups is 1. The molecule has 0 N–H and O–H groups in total. The standard InChI is InChI=1S/C20H27ClN2O4/c1-6-12(3)15(20(24)26-5)10-13(7-2)27-19-18(21)22-16-9-8-14(25-4)11-17(16)23-19/h8-9,11-13,15H,6-7,10H2,1-5H3/t12?,13-,15+/m0/s1. The molecule has 0 saturated heterocycles. The van der Waals surface area contributed by atoms with Crippen molar-refractivity contribution in [3.63, 3.8) is 0 Å². The van der Waals surface area contributed by atoms with E-state index in [0.717, 1.165) is 6.42 Å². The Hall–Kier alpha value is -2.08. The molecule has 0 aliphatic rings. The fraction of sp³-hybridized carbons (Fsp3) is 0.550. The number of fused-ring (bicyclic) bond motifs is 1. The third-order valence-corrected chi connectivity index (χ3v) is 5.13. The number of hydrogen-bond acceptors (Lipinski definition) is 6. The minimum atomic E-state index is -0.239. The van der Waals surface area contributed by atoms with Gasteiger partial charge in [-0.15, -0.1) is 0 Å². The number of carbonyl (C=O) groups excluding carboxylic acids is 1. The van der Waals surface area contributed by atoms with Crippen molar-refractivity contribution in [2.24, 2.45) is 11.8 Å². The van der Waals surface area contributed by atoms with Crippen molar-refractivity contribution in [1.29, 1.82) is 0 Å². The number of aromatic nitrogens is 2. The van der Waals surface area contributed by atoms with E-state index in [4.69, 9.17) is 25.8 Å². The Morgan fingerprint density at radius 3 is 2.48 bits per heavy atom. The third-order valence-electron chi connectivity index (χ3n) is 4.88. The second-order valence-corrected chi connectivity index (χ2v) is 6.93. The third kappa shape index (κ3) is 5.22. The first kappa shape index (κ1) is 21.2. The van der Waals surface area contributed by atoms with E-state index in [2.05, 4.69) is 16.9 Å². The highest BCUT2D eigenvalue weighted by Gasteiger charge is 2.29. The highest BCUT2D eigenvalue weighted by Crippen LogP contribution is 2.29. The number of esters is 1. The van der Waals surface area contributed by atoms with Gasteiger partial charge in [-0.1, -0.05) is 38.8 Å². The maximum absolute atomic E-state index is 12.2. The average molecular weight is 395 g/mol. The van der Waals surface area contributed by atoms with Gasteiger partial charge in [-0.3, -0.25) is 4.79 Å². The highest BCUT2D eigenvalue weighted by atomic mass is 35.5. The predicted molar refractivity (Wildman–Crippen MR) is 105 cm³/mol. The largest absolute Gasteiger partial charge is 0.497 e. The summed E-state index contributed by atoms with van der Waals surface area (Å²) in [5, 5.41) is 0.198. The molecule has 1 aromatic carbocycles. The Labute approximate surface area is 165 Å². The summed E-state index contributed by atoms with van der Waals surface area (Å²) >= 11 is 6.27. The molecule has 3 atom stereocenters. The summed E-state index contributed by atoms with van der Waals surface area (Å²) in [5.41, 5.74) is 1.29. The number of ether oxygens (including phenoxy) is 3. The first-order chi connectivity index (χ1) is 12.9. The minimum Gasteiger partial charge on any atom is -0.497 e. The second-order valence-electron chi connectivity index (χ2n) is 6.57. The van der Waals surface area contributed by atoms with Gasteiger partial charge in [0.1, 0.15) is 11.9 Å². The molecule has 1 heterocycles. The molecule has 0 radical (unpaired) electrons. The fourth-order valence-electron chi connectivity index (χ4n) is 2.93. The van der Waals surface area contributed by atoms with Gasteiger partial charge in [-0.05, 0) is 30.9 Å². The van der Waals surface area contributed by atoms with Gasteiger partial charge in [-0.2, -0.15) is 0 Å². The van der Waals surface area contributed by atoms with Gasteiger partial charge in [0.25, 0.3) is 5.88 Å². The molecule has 0 fully saturated rings. The fourth-order valence-corrected chi connectivity index (χ4v) is 3.11. The van der Waals surface area contributed by atoms with Gasteiger partial charge in [0.05, 0.1) is 31.2 Å². The molecule has 7 heteroatoms. The van der Waals surface area contributed by atoms with Crippen LogP contribution in [0, 0.1) is 11.8 Å². The van der Waals surface area contributed by atoms with Crippen molar-refractivity contribution in [1.82, 2.24) is 9.97 Å². The van der Waals surface area contributed by atoms with Crippen LogP contribution >= 0.6 is 11.6 Å². The Kier molecular flexibility index (Phi) is 7.66. The van der Waals surface area contributed by atoms with Gasteiger partial charge in [0.2, 0.25) is 0 Å². The molecule has 1 aromatic heterocycles. The van der Waals surface area contributed by atoms with Crippen LogP contribution in [0.4, 0.5) is 0 Å². The van der Waals surface area contributed by atoms with E-state index in [0.29, 0.717) is 29.6 Å². The van der Waals surface area contributed by atoms with Crippen LogP contribution in [0.5, 0.6) is 11.6 Å². The summed E-state index contributed by atoms with van der Waals surface area (Å²) in [6, 6.07) is 5.38. The summed E-state index contributed by atoms with van der Waals surface area (Å²) in [5.74, 6) is 0.679. The zero-order valence-electron chi connectivity index (χ0n) is 16.5. The number of benzene rings is 1. The van der Waals surface area contributed by atoms with E-state index in [1.165, 1.54) is 7.11 Å². The van der Waals surface area contributed by atoms with E-state index in [9.17, 15) is 4.79 Å². The maximum atomic E-state index is 12.2.